The largest absolute Gasteiger partial charge is 0.489 e. The van der Waals surface area contributed by atoms with Gasteiger partial charge in [0.25, 0.3) is 0 Å². The first kappa shape index (κ1) is 20.7. The smallest absolute Gasteiger partial charge is 0.225 e. The Hall–Kier alpha value is -2.53. The molecule has 2 aromatic carbocycles. The van der Waals surface area contributed by atoms with Crippen LogP contribution in [0.5, 0.6) is 5.75 Å². The average Bonchev–Trinajstić information content (AvgIpc) is 2.83. The number of rotatable bonds is 7. The average molecular weight is 420 g/mol. The maximum absolute atomic E-state index is 6.07. The van der Waals surface area contributed by atoms with Crippen LogP contribution < -0.4 is 9.64 Å². The molecule has 0 N–H and O–H groups in total. The van der Waals surface area contributed by atoms with Crippen LogP contribution in [0.2, 0.25) is 0 Å². The molecule has 5 heteroatoms. The Kier molecular flexibility index (Phi) is 6.90. The minimum absolute atomic E-state index is 0.556. The molecule has 2 heterocycles. The van der Waals surface area contributed by atoms with Gasteiger partial charge in [0.15, 0.2) is 0 Å². The van der Waals surface area contributed by atoms with E-state index in [2.05, 4.69) is 76.6 Å². The van der Waals surface area contributed by atoms with Gasteiger partial charge in [0.1, 0.15) is 12.4 Å². The molecule has 0 unspecified atom stereocenters. The van der Waals surface area contributed by atoms with Crippen LogP contribution in [0, 0.1) is 0 Å². The van der Waals surface area contributed by atoms with E-state index in [0.717, 1.165) is 44.0 Å². The summed E-state index contributed by atoms with van der Waals surface area (Å²) in [6.45, 7) is 4.70. The van der Waals surface area contributed by atoms with Crippen LogP contribution in [-0.4, -0.2) is 29.3 Å². The zero-order chi connectivity index (χ0) is 20.8. The highest BCUT2D eigenvalue weighted by atomic mass is 32.2. The van der Waals surface area contributed by atoms with Crippen molar-refractivity contribution in [1.29, 1.82) is 0 Å². The van der Waals surface area contributed by atoms with E-state index in [4.69, 9.17) is 4.74 Å². The highest BCUT2D eigenvalue weighted by Crippen LogP contribution is 2.31. The van der Waals surface area contributed by atoms with E-state index in [-0.39, 0.29) is 0 Å². The van der Waals surface area contributed by atoms with Crippen LogP contribution in [0.25, 0.3) is 0 Å². The maximum Gasteiger partial charge on any atom is 0.225 e. The van der Waals surface area contributed by atoms with Crippen molar-refractivity contribution in [3.63, 3.8) is 0 Å². The van der Waals surface area contributed by atoms with E-state index in [1.54, 1.807) is 11.8 Å². The molecule has 3 aromatic rings. The van der Waals surface area contributed by atoms with Crippen molar-refractivity contribution >= 4 is 17.7 Å². The van der Waals surface area contributed by atoms with Crippen molar-refractivity contribution in [3.05, 3.63) is 77.6 Å². The standard InChI is InChI=1S/C25H29N3OS/c1-3-19-16-26-25(27-17-19)28-13-11-21(12-14-28)22-5-4-6-23(15-22)29-18-20-7-9-24(30-2)10-8-20/h4-10,15-17,21H,3,11-14,18H2,1-2H3. The third-order valence-electron chi connectivity index (χ3n) is 5.77. The minimum atomic E-state index is 0.556. The summed E-state index contributed by atoms with van der Waals surface area (Å²) < 4.78 is 6.07. The molecule has 1 fully saturated rings. The van der Waals surface area contributed by atoms with Gasteiger partial charge in [-0.2, -0.15) is 0 Å². The van der Waals surface area contributed by atoms with Gasteiger partial charge in [-0.05, 0) is 72.4 Å². The number of nitrogens with zero attached hydrogens (tertiary/aromatic N) is 3. The van der Waals surface area contributed by atoms with Crippen molar-refractivity contribution in [2.75, 3.05) is 24.2 Å². The highest BCUT2D eigenvalue weighted by Gasteiger charge is 2.22. The number of ether oxygens (including phenoxy) is 1. The molecule has 1 aliphatic rings. The molecule has 4 rings (SSSR count). The summed E-state index contributed by atoms with van der Waals surface area (Å²) in [6.07, 6.45) is 9.19. The Morgan fingerprint density at radius 3 is 2.40 bits per heavy atom. The summed E-state index contributed by atoms with van der Waals surface area (Å²) in [5, 5.41) is 0. The molecule has 30 heavy (non-hydrogen) atoms. The Bertz CT molecular complexity index is 935. The van der Waals surface area contributed by atoms with E-state index in [9.17, 15) is 0 Å². The molecule has 1 saturated heterocycles. The van der Waals surface area contributed by atoms with Gasteiger partial charge < -0.3 is 9.64 Å². The number of anilines is 1. The Morgan fingerprint density at radius 1 is 1.00 bits per heavy atom. The quantitative estimate of drug-likeness (QED) is 0.458. The lowest BCUT2D eigenvalue weighted by Crippen LogP contribution is -2.34. The highest BCUT2D eigenvalue weighted by molar-refractivity contribution is 7.98. The van der Waals surface area contributed by atoms with Gasteiger partial charge in [-0.15, -0.1) is 11.8 Å². The molecule has 1 aromatic heterocycles. The number of hydrogen-bond acceptors (Lipinski definition) is 5. The molecule has 4 nitrogen and oxygen atoms in total. The summed E-state index contributed by atoms with van der Waals surface area (Å²) in [7, 11) is 0. The molecule has 0 saturated carbocycles. The fourth-order valence-corrected chi connectivity index (χ4v) is 4.26. The first-order valence-electron chi connectivity index (χ1n) is 10.7. The number of benzene rings is 2. The number of thioether (sulfide) groups is 1. The third-order valence-corrected chi connectivity index (χ3v) is 6.52. The van der Waals surface area contributed by atoms with E-state index < -0.39 is 0 Å². The van der Waals surface area contributed by atoms with Gasteiger partial charge in [0, 0.05) is 30.4 Å². The van der Waals surface area contributed by atoms with E-state index in [0.29, 0.717) is 12.5 Å². The Morgan fingerprint density at radius 2 is 1.73 bits per heavy atom. The lowest BCUT2D eigenvalue weighted by atomic mass is 9.89. The number of hydrogen-bond donors (Lipinski definition) is 0. The number of aryl methyl sites for hydroxylation is 1. The summed E-state index contributed by atoms with van der Waals surface area (Å²) >= 11 is 1.76. The van der Waals surface area contributed by atoms with Crippen molar-refractivity contribution in [1.82, 2.24) is 9.97 Å². The van der Waals surface area contributed by atoms with Crippen molar-refractivity contribution < 1.29 is 4.74 Å². The number of piperidine rings is 1. The second-order valence-corrected chi connectivity index (χ2v) is 8.60. The first-order valence-corrected chi connectivity index (χ1v) is 11.9. The minimum Gasteiger partial charge on any atom is -0.489 e. The Balaban J connectivity index is 1.33. The first-order chi connectivity index (χ1) is 14.7. The lowest BCUT2D eigenvalue weighted by Gasteiger charge is -2.32. The van der Waals surface area contributed by atoms with Gasteiger partial charge in [-0.1, -0.05) is 31.2 Å². The van der Waals surface area contributed by atoms with Crippen LogP contribution in [-0.2, 0) is 13.0 Å². The lowest BCUT2D eigenvalue weighted by molar-refractivity contribution is 0.305. The molecule has 0 amide bonds. The van der Waals surface area contributed by atoms with Gasteiger partial charge in [0.2, 0.25) is 5.95 Å². The molecule has 0 radical (unpaired) electrons. The molecule has 0 aliphatic carbocycles. The fourth-order valence-electron chi connectivity index (χ4n) is 3.85. The van der Waals surface area contributed by atoms with E-state index in [1.165, 1.54) is 21.6 Å². The Labute approximate surface area is 183 Å². The van der Waals surface area contributed by atoms with Gasteiger partial charge in [-0.3, -0.25) is 0 Å². The molecule has 156 valence electrons. The van der Waals surface area contributed by atoms with Crippen molar-refractivity contribution in [2.45, 2.75) is 43.6 Å². The van der Waals surface area contributed by atoms with E-state index in [1.807, 2.05) is 12.4 Å². The molecular formula is C25H29N3OS. The second-order valence-electron chi connectivity index (χ2n) is 7.72. The molecule has 1 aliphatic heterocycles. The molecule has 0 spiro atoms. The molecule has 0 bridgehead atoms. The second kappa shape index (κ2) is 9.98. The van der Waals surface area contributed by atoms with Crippen LogP contribution in [0.3, 0.4) is 0 Å². The zero-order valence-corrected chi connectivity index (χ0v) is 18.6. The number of aromatic nitrogens is 2. The van der Waals surface area contributed by atoms with Crippen molar-refractivity contribution in [3.8, 4) is 5.75 Å². The van der Waals surface area contributed by atoms with Crippen LogP contribution in [0.4, 0.5) is 5.95 Å². The monoisotopic (exact) mass is 419 g/mol. The van der Waals surface area contributed by atoms with Gasteiger partial charge in [-0.25, -0.2) is 9.97 Å². The zero-order valence-electron chi connectivity index (χ0n) is 17.8. The van der Waals surface area contributed by atoms with Gasteiger partial charge >= 0.3 is 0 Å². The summed E-state index contributed by atoms with van der Waals surface area (Å²) in [5.41, 5.74) is 3.75. The van der Waals surface area contributed by atoms with Crippen molar-refractivity contribution in [2.24, 2.45) is 0 Å². The van der Waals surface area contributed by atoms with Crippen LogP contribution >= 0.6 is 11.8 Å². The summed E-state index contributed by atoms with van der Waals surface area (Å²) in [5.74, 6) is 2.36. The molecule has 0 atom stereocenters. The topological polar surface area (TPSA) is 38.2 Å². The SMILES string of the molecule is CCc1cnc(N2CCC(c3cccc(OCc4ccc(SC)cc4)c3)CC2)nc1. The van der Waals surface area contributed by atoms with Gasteiger partial charge in [0.05, 0.1) is 0 Å². The van der Waals surface area contributed by atoms with Crippen LogP contribution in [0.1, 0.15) is 42.4 Å². The summed E-state index contributed by atoms with van der Waals surface area (Å²) in [6, 6.07) is 17.2. The van der Waals surface area contributed by atoms with E-state index >= 15 is 0 Å². The fraction of sp³-hybridized carbons (Fsp3) is 0.360. The summed E-state index contributed by atoms with van der Waals surface area (Å²) in [4.78, 5) is 12.7. The third kappa shape index (κ3) is 5.14. The maximum atomic E-state index is 6.07. The van der Waals surface area contributed by atoms with Crippen LogP contribution in [0.15, 0.2) is 65.8 Å². The predicted molar refractivity (Wildman–Crippen MR) is 125 cm³/mol. The normalized spacial score (nSPS) is 14.7. The molecular weight excluding hydrogens is 390 g/mol. The predicted octanol–water partition coefficient (Wildman–Crippen LogP) is 5.72.